The van der Waals surface area contributed by atoms with E-state index in [9.17, 15) is 0 Å². The number of aryl methyl sites for hydroxylation is 1. The van der Waals surface area contributed by atoms with Gasteiger partial charge in [0.05, 0.1) is 7.11 Å². The maximum Gasteiger partial charge on any atom is 0.119 e. The van der Waals surface area contributed by atoms with Crippen LogP contribution in [0.4, 0.5) is 0 Å². The zero-order chi connectivity index (χ0) is 13.0. The summed E-state index contributed by atoms with van der Waals surface area (Å²) in [7, 11) is 5.91. The Balaban J connectivity index is 1.98. The normalized spacial score (nSPS) is 10.9. The Morgan fingerprint density at radius 1 is 1.17 bits per heavy atom. The van der Waals surface area contributed by atoms with E-state index in [1.807, 2.05) is 12.1 Å². The van der Waals surface area contributed by atoms with Gasteiger partial charge in [-0.05, 0) is 36.9 Å². The molecule has 0 radical (unpaired) electrons. The third kappa shape index (κ3) is 3.14. The Hall–Kier alpha value is -1.74. The van der Waals surface area contributed by atoms with Crippen LogP contribution >= 0.6 is 0 Å². The van der Waals surface area contributed by atoms with Crippen molar-refractivity contribution in [1.29, 1.82) is 0 Å². The third-order valence-corrected chi connectivity index (χ3v) is 3.07. The van der Waals surface area contributed by atoms with Gasteiger partial charge >= 0.3 is 0 Å². The second-order valence-electron chi connectivity index (χ2n) is 4.63. The van der Waals surface area contributed by atoms with Gasteiger partial charge < -0.3 is 9.30 Å². The molecule has 0 N–H and O–H groups in total. The molecule has 1 aromatic heterocycles. The van der Waals surface area contributed by atoms with Gasteiger partial charge in [-0.1, -0.05) is 12.1 Å². The van der Waals surface area contributed by atoms with Crippen LogP contribution in [0.5, 0.6) is 5.75 Å². The minimum Gasteiger partial charge on any atom is -0.497 e. The van der Waals surface area contributed by atoms with Gasteiger partial charge in [0.25, 0.3) is 0 Å². The molecule has 2 rings (SSSR count). The van der Waals surface area contributed by atoms with E-state index in [0.717, 1.165) is 18.8 Å². The summed E-state index contributed by atoms with van der Waals surface area (Å²) in [4.78, 5) is 2.30. The SMILES string of the molecule is COc1cccc(CN(C)Cc2cccn2C)c1. The van der Waals surface area contributed by atoms with E-state index in [1.54, 1.807) is 7.11 Å². The fourth-order valence-electron chi connectivity index (χ4n) is 2.08. The highest BCUT2D eigenvalue weighted by atomic mass is 16.5. The third-order valence-electron chi connectivity index (χ3n) is 3.07. The quantitative estimate of drug-likeness (QED) is 0.804. The number of rotatable bonds is 5. The molecule has 1 heterocycles. The minimum absolute atomic E-state index is 0.916. The summed E-state index contributed by atoms with van der Waals surface area (Å²) in [5.41, 5.74) is 2.59. The molecule has 2 aromatic rings. The number of benzene rings is 1. The highest BCUT2D eigenvalue weighted by Gasteiger charge is 2.04. The minimum atomic E-state index is 0.916. The monoisotopic (exact) mass is 244 g/mol. The van der Waals surface area contributed by atoms with E-state index in [0.29, 0.717) is 0 Å². The van der Waals surface area contributed by atoms with Gasteiger partial charge in [-0.25, -0.2) is 0 Å². The Morgan fingerprint density at radius 2 is 2.00 bits per heavy atom. The largest absolute Gasteiger partial charge is 0.497 e. The summed E-state index contributed by atoms with van der Waals surface area (Å²) in [6.45, 7) is 1.86. The highest BCUT2D eigenvalue weighted by Crippen LogP contribution is 2.14. The summed E-state index contributed by atoms with van der Waals surface area (Å²) in [6, 6.07) is 12.5. The van der Waals surface area contributed by atoms with Gasteiger partial charge in [-0.3, -0.25) is 4.90 Å². The summed E-state index contributed by atoms with van der Waals surface area (Å²) < 4.78 is 7.39. The highest BCUT2D eigenvalue weighted by molar-refractivity contribution is 5.28. The first kappa shape index (κ1) is 12.7. The molecule has 0 fully saturated rings. The lowest BCUT2D eigenvalue weighted by Crippen LogP contribution is -2.18. The molecule has 3 heteroatoms. The summed E-state index contributed by atoms with van der Waals surface area (Å²) in [6.07, 6.45) is 2.08. The van der Waals surface area contributed by atoms with Gasteiger partial charge in [0.2, 0.25) is 0 Å². The van der Waals surface area contributed by atoms with Gasteiger partial charge in [-0.2, -0.15) is 0 Å². The summed E-state index contributed by atoms with van der Waals surface area (Å²) in [5, 5.41) is 0. The molecule has 0 saturated carbocycles. The maximum absolute atomic E-state index is 5.24. The Morgan fingerprint density at radius 3 is 2.67 bits per heavy atom. The van der Waals surface area contributed by atoms with Crippen molar-refractivity contribution in [2.24, 2.45) is 7.05 Å². The van der Waals surface area contributed by atoms with E-state index in [-0.39, 0.29) is 0 Å². The van der Waals surface area contributed by atoms with Crippen molar-refractivity contribution in [2.45, 2.75) is 13.1 Å². The maximum atomic E-state index is 5.24. The lowest BCUT2D eigenvalue weighted by Gasteiger charge is -2.17. The molecule has 0 aliphatic heterocycles. The molecular formula is C15H20N2O. The first-order valence-corrected chi connectivity index (χ1v) is 6.10. The zero-order valence-electron chi connectivity index (χ0n) is 11.3. The van der Waals surface area contributed by atoms with Crippen LogP contribution in [0.25, 0.3) is 0 Å². The first-order valence-electron chi connectivity index (χ1n) is 6.10. The van der Waals surface area contributed by atoms with Crippen molar-refractivity contribution in [2.75, 3.05) is 14.2 Å². The van der Waals surface area contributed by atoms with E-state index in [2.05, 4.69) is 54.0 Å². The molecule has 0 saturated heterocycles. The molecule has 1 aromatic carbocycles. The Bertz CT molecular complexity index is 505. The van der Waals surface area contributed by atoms with Gasteiger partial charge in [-0.15, -0.1) is 0 Å². The lowest BCUT2D eigenvalue weighted by atomic mass is 10.2. The van der Waals surface area contributed by atoms with Crippen LogP contribution in [0.2, 0.25) is 0 Å². The average molecular weight is 244 g/mol. The lowest BCUT2D eigenvalue weighted by molar-refractivity contribution is 0.311. The second kappa shape index (κ2) is 5.74. The number of ether oxygens (including phenoxy) is 1. The van der Waals surface area contributed by atoms with E-state index < -0.39 is 0 Å². The molecule has 0 spiro atoms. The average Bonchev–Trinajstić information content (AvgIpc) is 2.75. The van der Waals surface area contributed by atoms with Gasteiger partial charge in [0.1, 0.15) is 5.75 Å². The van der Waals surface area contributed by atoms with Crippen molar-refractivity contribution in [3.05, 3.63) is 53.9 Å². The van der Waals surface area contributed by atoms with Crippen molar-refractivity contribution in [3.8, 4) is 5.75 Å². The Labute approximate surface area is 109 Å². The first-order chi connectivity index (χ1) is 8.69. The zero-order valence-corrected chi connectivity index (χ0v) is 11.3. The molecule has 3 nitrogen and oxygen atoms in total. The molecule has 0 bridgehead atoms. The predicted octanol–water partition coefficient (Wildman–Crippen LogP) is 2.67. The summed E-state index contributed by atoms with van der Waals surface area (Å²) >= 11 is 0. The molecule has 0 aliphatic carbocycles. The van der Waals surface area contributed by atoms with Crippen LogP contribution in [0, 0.1) is 0 Å². The van der Waals surface area contributed by atoms with Crippen molar-refractivity contribution >= 4 is 0 Å². The van der Waals surface area contributed by atoms with Crippen LogP contribution in [0.15, 0.2) is 42.6 Å². The number of methoxy groups -OCH3 is 1. The Kier molecular flexibility index (Phi) is 4.05. The molecule has 0 amide bonds. The number of hydrogen-bond acceptors (Lipinski definition) is 2. The van der Waals surface area contributed by atoms with Crippen molar-refractivity contribution in [3.63, 3.8) is 0 Å². The smallest absolute Gasteiger partial charge is 0.119 e. The van der Waals surface area contributed by atoms with E-state index in [1.165, 1.54) is 11.3 Å². The number of aromatic nitrogens is 1. The topological polar surface area (TPSA) is 17.4 Å². The molecule has 0 unspecified atom stereocenters. The fraction of sp³-hybridized carbons (Fsp3) is 0.333. The van der Waals surface area contributed by atoms with E-state index in [4.69, 9.17) is 4.74 Å². The van der Waals surface area contributed by atoms with Crippen LogP contribution in [0.1, 0.15) is 11.3 Å². The molecule has 0 aliphatic rings. The van der Waals surface area contributed by atoms with Crippen molar-refractivity contribution in [1.82, 2.24) is 9.47 Å². The van der Waals surface area contributed by atoms with Crippen LogP contribution in [0.3, 0.4) is 0 Å². The molecular weight excluding hydrogens is 224 g/mol. The van der Waals surface area contributed by atoms with Crippen LogP contribution in [-0.4, -0.2) is 23.6 Å². The van der Waals surface area contributed by atoms with E-state index >= 15 is 0 Å². The van der Waals surface area contributed by atoms with Gasteiger partial charge in [0, 0.05) is 32.0 Å². The van der Waals surface area contributed by atoms with Crippen LogP contribution < -0.4 is 4.74 Å². The molecule has 0 atom stereocenters. The standard InChI is InChI=1S/C15H20N2O/c1-16(12-14-7-5-9-17(14)2)11-13-6-4-8-15(10-13)18-3/h4-10H,11-12H2,1-3H3. The predicted molar refractivity (Wildman–Crippen MR) is 73.6 cm³/mol. The molecule has 96 valence electrons. The number of hydrogen-bond donors (Lipinski definition) is 0. The molecule has 18 heavy (non-hydrogen) atoms. The van der Waals surface area contributed by atoms with Crippen LogP contribution in [-0.2, 0) is 20.1 Å². The fourth-order valence-corrected chi connectivity index (χ4v) is 2.08. The van der Waals surface area contributed by atoms with Gasteiger partial charge in [0.15, 0.2) is 0 Å². The van der Waals surface area contributed by atoms with Crippen molar-refractivity contribution < 1.29 is 4.74 Å². The second-order valence-corrected chi connectivity index (χ2v) is 4.63. The summed E-state index contributed by atoms with van der Waals surface area (Å²) in [5.74, 6) is 0.916. The number of nitrogens with zero attached hydrogens (tertiary/aromatic N) is 2.